The number of anilines is 1. The van der Waals surface area contributed by atoms with Crippen molar-refractivity contribution in [2.24, 2.45) is 0 Å². The fourth-order valence-electron chi connectivity index (χ4n) is 3.14. The van der Waals surface area contributed by atoms with Gasteiger partial charge in [0.2, 0.25) is 0 Å². The van der Waals surface area contributed by atoms with Crippen molar-refractivity contribution in [2.45, 2.75) is 13.8 Å². The maximum atomic E-state index is 14.0. The van der Waals surface area contributed by atoms with Gasteiger partial charge in [0.1, 0.15) is 5.82 Å². The molecule has 2 aromatic rings. The van der Waals surface area contributed by atoms with E-state index in [9.17, 15) is 9.18 Å². The third-order valence-corrected chi connectivity index (χ3v) is 4.91. The Hall–Kier alpha value is -1.88. The highest BCUT2D eigenvalue weighted by Gasteiger charge is 2.24. The molecule has 1 aliphatic rings. The standard InChI is InChI=1S/C19H20BrFN2O/c1-13-3-6-18(14(2)11-13)22-7-9-23(10-8-22)19(24)16-5-4-15(20)12-17(16)21/h3-6,11-12H,7-10H2,1-2H3. The molecule has 1 fully saturated rings. The Balaban J connectivity index is 1.69. The highest BCUT2D eigenvalue weighted by atomic mass is 79.9. The molecule has 3 rings (SSSR count). The molecule has 0 spiro atoms. The number of carbonyl (C=O) groups excluding carboxylic acids is 1. The molecule has 0 saturated carbocycles. The Morgan fingerprint density at radius 3 is 2.38 bits per heavy atom. The van der Waals surface area contributed by atoms with E-state index in [1.165, 1.54) is 28.9 Å². The van der Waals surface area contributed by atoms with Crippen LogP contribution < -0.4 is 4.90 Å². The molecule has 3 nitrogen and oxygen atoms in total. The van der Waals surface area contributed by atoms with E-state index in [1.807, 2.05) is 0 Å². The number of aryl methyl sites for hydroxylation is 2. The van der Waals surface area contributed by atoms with E-state index in [-0.39, 0.29) is 11.5 Å². The van der Waals surface area contributed by atoms with Crippen LogP contribution in [0.25, 0.3) is 0 Å². The fourth-order valence-corrected chi connectivity index (χ4v) is 3.48. The fraction of sp³-hybridized carbons (Fsp3) is 0.316. The van der Waals surface area contributed by atoms with Crippen molar-refractivity contribution in [3.05, 3.63) is 63.4 Å². The predicted molar refractivity (Wildman–Crippen MR) is 98.1 cm³/mol. The highest BCUT2D eigenvalue weighted by molar-refractivity contribution is 9.10. The van der Waals surface area contributed by atoms with E-state index in [0.29, 0.717) is 17.6 Å². The SMILES string of the molecule is Cc1ccc(N2CCN(C(=O)c3ccc(Br)cc3F)CC2)c(C)c1. The topological polar surface area (TPSA) is 23.6 Å². The lowest BCUT2D eigenvalue weighted by atomic mass is 10.1. The van der Waals surface area contributed by atoms with Crippen LogP contribution in [0.15, 0.2) is 40.9 Å². The quantitative estimate of drug-likeness (QED) is 0.768. The predicted octanol–water partition coefficient (Wildman–Crippen LogP) is 4.17. The molecule has 0 bridgehead atoms. The van der Waals surface area contributed by atoms with E-state index < -0.39 is 5.82 Å². The number of amides is 1. The van der Waals surface area contributed by atoms with E-state index in [4.69, 9.17) is 0 Å². The average Bonchev–Trinajstić information content (AvgIpc) is 2.54. The normalized spacial score (nSPS) is 14.8. The maximum absolute atomic E-state index is 14.0. The summed E-state index contributed by atoms with van der Waals surface area (Å²) in [6, 6.07) is 11.0. The summed E-state index contributed by atoms with van der Waals surface area (Å²) in [4.78, 5) is 16.6. The summed E-state index contributed by atoms with van der Waals surface area (Å²) in [5, 5.41) is 0. The van der Waals surface area contributed by atoms with Gasteiger partial charge >= 0.3 is 0 Å². The van der Waals surface area contributed by atoms with Gasteiger partial charge in [-0.2, -0.15) is 0 Å². The van der Waals surface area contributed by atoms with Crippen molar-refractivity contribution in [1.82, 2.24) is 4.90 Å². The van der Waals surface area contributed by atoms with E-state index in [2.05, 4.69) is 52.9 Å². The molecule has 1 amide bonds. The first-order chi connectivity index (χ1) is 11.5. The zero-order chi connectivity index (χ0) is 17.3. The number of rotatable bonds is 2. The number of hydrogen-bond acceptors (Lipinski definition) is 2. The first-order valence-electron chi connectivity index (χ1n) is 8.02. The number of piperazine rings is 1. The molecule has 0 radical (unpaired) electrons. The molecule has 2 aromatic carbocycles. The molecule has 0 atom stereocenters. The second-order valence-electron chi connectivity index (χ2n) is 6.19. The van der Waals surface area contributed by atoms with Gasteiger partial charge in [-0.05, 0) is 43.7 Å². The van der Waals surface area contributed by atoms with Crippen LogP contribution in [0.2, 0.25) is 0 Å². The van der Waals surface area contributed by atoms with Crippen molar-refractivity contribution in [3.8, 4) is 0 Å². The third kappa shape index (κ3) is 3.46. The minimum Gasteiger partial charge on any atom is -0.368 e. The average molecular weight is 391 g/mol. The van der Waals surface area contributed by atoms with Crippen LogP contribution in [0.3, 0.4) is 0 Å². The minimum atomic E-state index is -0.480. The van der Waals surface area contributed by atoms with Gasteiger partial charge in [0, 0.05) is 36.3 Å². The van der Waals surface area contributed by atoms with Crippen LogP contribution in [0, 0.1) is 19.7 Å². The summed E-state index contributed by atoms with van der Waals surface area (Å²) in [6.07, 6.45) is 0. The van der Waals surface area contributed by atoms with Crippen LogP contribution in [0.4, 0.5) is 10.1 Å². The van der Waals surface area contributed by atoms with Crippen molar-refractivity contribution in [3.63, 3.8) is 0 Å². The van der Waals surface area contributed by atoms with E-state index in [1.54, 1.807) is 11.0 Å². The zero-order valence-electron chi connectivity index (χ0n) is 13.9. The second-order valence-corrected chi connectivity index (χ2v) is 7.11. The third-order valence-electron chi connectivity index (χ3n) is 4.42. The van der Waals surface area contributed by atoms with Gasteiger partial charge < -0.3 is 9.80 Å². The molecule has 5 heteroatoms. The van der Waals surface area contributed by atoms with Crippen molar-refractivity contribution < 1.29 is 9.18 Å². The Morgan fingerprint density at radius 2 is 1.75 bits per heavy atom. The molecule has 1 aliphatic heterocycles. The molecular weight excluding hydrogens is 371 g/mol. The monoisotopic (exact) mass is 390 g/mol. The van der Waals surface area contributed by atoms with Crippen LogP contribution in [-0.2, 0) is 0 Å². The Bertz CT molecular complexity index is 770. The lowest BCUT2D eigenvalue weighted by molar-refractivity contribution is 0.0742. The first kappa shape index (κ1) is 17.0. The molecular formula is C19H20BrFN2O. The van der Waals surface area contributed by atoms with E-state index >= 15 is 0 Å². The van der Waals surface area contributed by atoms with Gasteiger partial charge in [0.15, 0.2) is 0 Å². The van der Waals surface area contributed by atoms with Gasteiger partial charge in [-0.1, -0.05) is 33.6 Å². The number of benzene rings is 2. The van der Waals surface area contributed by atoms with Gasteiger partial charge in [0.05, 0.1) is 5.56 Å². The molecule has 0 unspecified atom stereocenters. The zero-order valence-corrected chi connectivity index (χ0v) is 15.4. The van der Waals surface area contributed by atoms with Gasteiger partial charge in [-0.3, -0.25) is 4.79 Å². The summed E-state index contributed by atoms with van der Waals surface area (Å²) in [6.45, 7) is 6.90. The number of nitrogens with zero attached hydrogens (tertiary/aromatic N) is 2. The Morgan fingerprint density at radius 1 is 1.04 bits per heavy atom. The molecule has 1 saturated heterocycles. The first-order valence-corrected chi connectivity index (χ1v) is 8.81. The second kappa shape index (κ2) is 6.93. The molecule has 0 aromatic heterocycles. The molecule has 1 heterocycles. The summed E-state index contributed by atoms with van der Waals surface area (Å²) >= 11 is 3.22. The molecule has 0 N–H and O–H groups in total. The van der Waals surface area contributed by atoms with Crippen molar-refractivity contribution in [1.29, 1.82) is 0 Å². The molecule has 24 heavy (non-hydrogen) atoms. The van der Waals surface area contributed by atoms with Crippen LogP contribution >= 0.6 is 15.9 Å². The van der Waals surface area contributed by atoms with Crippen LogP contribution in [0.5, 0.6) is 0 Å². The number of hydrogen-bond donors (Lipinski definition) is 0. The lowest BCUT2D eigenvalue weighted by Crippen LogP contribution is -2.49. The van der Waals surface area contributed by atoms with Crippen molar-refractivity contribution >= 4 is 27.5 Å². The Kier molecular flexibility index (Phi) is 4.90. The van der Waals surface area contributed by atoms with Gasteiger partial charge in [-0.25, -0.2) is 4.39 Å². The Labute approximate surface area is 150 Å². The smallest absolute Gasteiger partial charge is 0.256 e. The maximum Gasteiger partial charge on any atom is 0.256 e. The number of carbonyl (C=O) groups is 1. The van der Waals surface area contributed by atoms with Gasteiger partial charge in [0.25, 0.3) is 5.91 Å². The van der Waals surface area contributed by atoms with Crippen LogP contribution in [0.1, 0.15) is 21.5 Å². The lowest BCUT2D eigenvalue weighted by Gasteiger charge is -2.37. The highest BCUT2D eigenvalue weighted by Crippen LogP contribution is 2.23. The summed E-state index contributed by atoms with van der Waals surface area (Å²) in [5.41, 5.74) is 3.84. The number of halogens is 2. The summed E-state index contributed by atoms with van der Waals surface area (Å²) < 4.78 is 14.6. The molecule has 0 aliphatic carbocycles. The van der Waals surface area contributed by atoms with Crippen LogP contribution in [-0.4, -0.2) is 37.0 Å². The van der Waals surface area contributed by atoms with E-state index in [0.717, 1.165) is 13.1 Å². The summed E-state index contributed by atoms with van der Waals surface area (Å²) in [5.74, 6) is -0.716. The van der Waals surface area contributed by atoms with Crippen molar-refractivity contribution in [2.75, 3.05) is 31.1 Å². The summed E-state index contributed by atoms with van der Waals surface area (Å²) in [7, 11) is 0. The minimum absolute atomic E-state index is 0.137. The largest absolute Gasteiger partial charge is 0.368 e. The molecule has 126 valence electrons. The van der Waals surface area contributed by atoms with Gasteiger partial charge in [-0.15, -0.1) is 0 Å².